The summed E-state index contributed by atoms with van der Waals surface area (Å²) in [5, 5.41) is 0. The molecule has 0 radical (unpaired) electrons. The minimum atomic E-state index is 0.110. The molecule has 1 heterocycles. The number of halogens is 1. The second-order valence-corrected chi connectivity index (χ2v) is 14.4. The van der Waals surface area contributed by atoms with Gasteiger partial charge in [0.1, 0.15) is 0 Å². The summed E-state index contributed by atoms with van der Waals surface area (Å²) in [6, 6.07) is 4.90. The smallest absolute Gasteiger partial charge is 0.158 e. The van der Waals surface area contributed by atoms with E-state index in [2.05, 4.69) is 48.6 Å². The Balaban J connectivity index is 0.954. The Morgan fingerprint density at radius 1 is 0.583 bits per heavy atom. The second-order valence-electron chi connectivity index (χ2n) is 13.3. The summed E-state index contributed by atoms with van der Waals surface area (Å²) in [6.07, 6.45) is 23.4. The molecule has 202 valence electrons. The van der Waals surface area contributed by atoms with E-state index in [0.717, 1.165) is 55.1 Å². The Bertz CT molecular complexity index is 784. The Morgan fingerprint density at radius 2 is 0.944 bits per heavy atom. The maximum absolute atomic E-state index is 5.69. The van der Waals surface area contributed by atoms with Crippen LogP contribution in [0, 0.1) is 52.9 Å². The highest BCUT2D eigenvalue weighted by Crippen LogP contribution is 2.43. The van der Waals surface area contributed by atoms with Crippen LogP contribution in [0.15, 0.2) is 12.1 Å². The predicted octanol–water partition coefficient (Wildman–Crippen LogP) is 9.41. The van der Waals surface area contributed by atoms with Gasteiger partial charge in [-0.15, -0.1) is 0 Å². The van der Waals surface area contributed by atoms with E-state index in [1.807, 2.05) is 0 Å². The van der Waals surface area contributed by atoms with Gasteiger partial charge in [0, 0.05) is 9.99 Å². The number of aryl methyl sites for hydroxylation is 2. The highest BCUT2D eigenvalue weighted by Gasteiger charge is 2.30. The van der Waals surface area contributed by atoms with E-state index >= 15 is 0 Å². The van der Waals surface area contributed by atoms with Gasteiger partial charge in [0.2, 0.25) is 0 Å². The van der Waals surface area contributed by atoms with Crippen LogP contribution in [0.1, 0.15) is 113 Å². The molecule has 4 fully saturated rings. The maximum Gasteiger partial charge on any atom is 0.158 e. The second kappa shape index (κ2) is 13.3. The van der Waals surface area contributed by atoms with Gasteiger partial charge in [-0.05, 0) is 134 Å². The van der Waals surface area contributed by atoms with Crippen LogP contribution >= 0.6 is 22.6 Å². The molecule has 0 bridgehead atoms. The zero-order valence-electron chi connectivity index (χ0n) is 23.1. The van der Waals surface area contributed by atoms with E-state index in [1.165, 1.54) is 111 Å². The van der Waals surface area contributed by atoms with Crippen LogP contribution in [0.3, 0.4) is 0 Å². The molecule has 5 rings (SSSR count). The van der Waals surface area contributed by atoms with Gasteiger partial charge in [-0.2, -0.15) is 0 Å². The molecule has 4 aliphatic rings. The lowest BCUT2D eigenvalue weighted by atomic mass is 9.70. The molecule has 36 heavy (non-hydrogen) atoms. The van der Waals surface area contributed by atoms with Crippen molar-refractivity contribution >= 4 is 22.6 Å². The van der Waals surface area contributed by atoms with E-state index in [4.69, 9.17) is 9.47 Å². The first-order chi connectivity index (χ1) is 17.5. The molecule has 1 aromatic rings. The molecule has 1 saturated heterocycles. The van der Waals surface area contributed by atoms with E-state index in [0.29, 0.717) is 0 Å². The Morgan fingerprint density at radius 3 is 1.36 bits per heavy atom. The summed E-state index contributed by atoms with van der Waals surface area (Å²) in [6.45, 7) is 6.16. The Labute approximate surface area is 235 Å². The van der Waals surface area contributed by atoms with E-state index in [-0.39, 0.29) is 6.29 Å². The van der Waals surface area contributed by atoms with E-state index < -0.39 is 0 Å². The molecule has 0 spiro atoms. The zero-order chi connectivity index (χ0) is 24.9. The average molecular weight is 607 g/mol. The fraction of sp³-hybridized carbons (Fsp3) is 0.818. The molecule has 3 saturated carbocycles. The number of benzene rings is 1. The first-order valence-electron chi connectivity index (χ1n) is 15.5. The largest absolute Gasteiger partial charge is 0.350 e. The van der Waals surface area contributed by atoms with Gasteiger partial charge in [0.15, 0.2) is 6.29 Å². The molecule has 0 atom stereocenters. The van der Waals surface area contributed by atoms with Gasteiger partial charge in [-0.3, -0.25) is 0 Å². The van der Waals surface area contributed by atoms with Gasteiger partial charge >= 0.3 is 0 Å². The van der Waals surface area contributed by atoms with Crippen molar-refractivity contribution in [3.63, 3.8) is 0 Å². The van der Waals surface area contributed by atoms with Crippen LogP contribution in [-0.2, 0) is 15.9 Å². The lowest BCUT2D eigenvalue weighted by molar-refractivity contribution is -0.0610. The molecular formula is C33H51IO2. The van der Waals surface area contributed by atoms with Crippen molar-refractivity contribution in [3.8, 4) is 0 Å². The van der Waals surface area contributed by atoms with Crippen LogP contribution in [0.25, 0.3) is 0 Å². The predicted molar refractivity (Wildman–Crippen MR) is 158 cm³/mol. The molecule has 3 aliphatic carbocycles. The average Bonchev–Trinajstić information content (AvgIpc) is 3.39. The highest BCUT2D eigenvalue weighted by atomic mass is 127. The van der Waals surface area contributed by atoms with Gasteiger partial charge in [-0.1, -0.05) is 63.5 Å². The van der Waals surface area contributed by atoms with Gasteiger partial charge < -0.3 is 9.47 Å². The standard InChI is InChI=1S/C33H51IO2/c1-23-17-31(18-24(2)33(23)34)21-29-9-7-27(8-10-29)19-25-3-5-26(6-4-25)20-28-11-13-30(14-12-28)22-32-35-15-16-36-32/h17-18,25-30,32H,3-16,19-22H2,1-2H3. The molecule has 0 aromatic heterocycles. The van der Waals surface area contributed by atoms with Crippen LogP contribution in [0.4, 0.5) is 0 Å². The van der Waals surface area contributed by atoms with Crippen molar-refractivity contribution < 1.29 is 9.47 Å². The summed E-state index contributed by atoms with van der Waals surface area (Å²) in [7, 11) is 0. The number of hydrogen-bond acceptors (Lipinski definition) is 2. The molecule has 3 heteroatoms. The van der Waals surface area contributed by atoms with Crippen molar-refractivity contribution in [3.05, 3.63) is 32.4 Å². The van der Waals surface area contributed by atoms with Gasteiger partial charge in [0.25, 0.3) is 0 Å². The topological polar surface area (TPSA) is 18.5 Å². The first kappa shape index (κ1) is 27.4. The quantitative estimate of drug-likeness (QED) is 0.275. The molecule has 0 amide bonds. The number of rotatable bonds is 8. The van der Waals surface area contributed by atoms with Crippen molar-refractivity contribution in [1.82, 2.24) is 0 Å². The lowest BCUT2D eigenvalue weighted by Gasteiger charge is -2.36. The van der Waals surface area contributed by atoms with Crippen molar-refractivity contribution in [2.45, 2.75) is 123 Å². The van der Waals surface area contributed by atoms with Crippen molar-refractivity contribution in [2.24, 2.45) is 35.5 Å². The first-order valence-corrected chi connectivity index (χ1v) is 16.6. The third kappa shape index (κ3) is 7.72. The summed E-state index contributed by atoms with van der Waals surface area (Å²) in [5.74, 6) is 5.85. The van der Waals surface area contributed by atoms with E-state index in [1.54, 1.807) is 5.56 Å². The molecule has 0 unspecified atom stereocenters. The highest BCUT2D eigenvalue weighted by molar-refractivity contribution is 14.1. The lowest BCUT2D eigenvalue weighted by Crippen LogP contribution is -2.24. The molecule has 2 nitrogen and oxygen atoms in total. The molecule has 1 aliphatic heterocycles. The maximum atomic E-state index is 5.69. The van der Waals surface area contributed by atoms with Crippen molar-refractivity contribution in [2.75, 3.05) is 13.2 Å². The van der Waals surface area contributed by atoms with E-state index in [9.17, 15) is 0 Å². The summed E-state index contributed by atoms with van der Waals surface area (Å²) < 4.78 is 12.8. The number of ether oxygens (including phenoxy) is 2. The van der Waals surface area contributed by atoms with Crippen LogP contribution < -0.4 is 0 Å². The van der Waals surface area contributed by atoms with Crippen LogP contribution in [-0.4, -0.2) is 19.5 Å². The SMILES string of the molecule is Cc1cc(CC2CCC(CC3CCC(CC4CCC(CC5OCCO5)CC4)CC3)CC2)cc(C)c1I. The fourth-order valence-electron chi connectivity index (χ4n) is 8.32. The number of hydrogen-bond donors (Lipinski definition) is 0. The Hall–Kier alpha value is -0.130. The monoisotopic (exact) mass is 606 g/mol. The molecule has 1 aromatic carbocycles. The molecule has 0 N–H and O–H groups in total. The van der Waals surface area contributed by atoms with Crippen molar-refractivity contribution in [1.29, 1.82) is 0 Å². The summed E-state index contributed by atoms with van der Waals surface area (Å²) >= 11 is 2.50. The summed E-state index contributed by atoms with van der Waals surface area (Å²) in [5.41, 5.74) is 4.51. The van der Waals surface area contributed by atoms with Crippen LogP contribution in [0.2, 0.25) is 0 Å². The fourth-order valence-corrected chi connectivity index (χ4v) is 8.63. The minimum absolute atomic E-state index is 0.110. The third-order valence-corrected chi connectivity index (χ3v) is 12.2. The zero-order valence-corrected chi connectivity index (χ0v) is 25.3. The Kier molecular flexibility index (Phi) is 10.1. The molecular weight excluding hydrogens is 555 g/mol. The van der Waals surface area contributed by atoms with Crippen LogP contribution in [0.5, 0.6) is 0 Å². The normalized spacial score (nSPS) is 34.2. The van der Waals surface area contributed by atoms with Gasteiger partial charge in [-0.25, -0.2) is 0 Å². The summed E-state index contributed by atoms with van der Waals surface area (Å²) in [4.78, 5) is 0. The minimum Gasteiger partial charge on any atom is -0.350 e. The van der Waals surface area contributed by atoms with Gasteiger partial charge in [0.05, 0.1) is 13.2 Å². The third-order valence-electron chi connectivity index (χ3n) is 10.5.